The van der Waals surface area contributed by atoms with E-state index in [1.807, 2.05) is 48.9 Å². The summed E-state index contributed by atoms with van der Waals surface area (Å²) in [5, 5.41) is 13.5. The van der Waals surface area contributed by atoms with E-state index in [0.29, 0.717) is 11.6 Å². The Morgan fingerprint density at radius 1 is 1.13 bits per heavy atom. The zero-order valence-electron chi connectivity index (χ0n) is 16.9. The molecule has 1 aromatic heterocycles. The highest BCUT2D eigenvalue weighted by atomic mass is 35.5. The third-order valence-corrected chi connectivity index (χ3v) is 5.94. The Hall–Kier alpha value is -2.87. The molecule has 0 bridgehead atoms. The summed E-state index contributed by atoms with van der Waals surface area (Å²) in [6.07, 6.45) is 10.7. The Morgan fingerprint density at radius 2 is 1.97 bits per heavy atom. The summed E-state index contributed by atoms with van der Waals surface area (Å²) < 4.78 is 2.16. The number of nitriles is 1. The summed E-state index contributed by atoms with van der Waals surface area (Å²) >= 11 is 6.44. The molecule has 0 fully saturated rings. The van der Waals surface area contributed by atoms with Crippen molar-refractivity contribution in [2.45, 2.75) is 44.8 Å². The van der Waals surface area contributed by atoms with Crippen LogP contribution in [0.3, 0.4) is 0 Å². The SMILES string of the molecule is N#Cc1ccc(Cn2cncc2CNC2C=C(c3ccccc3Cl)CCCC2)cc1. The van der Waals surface area contributed by atoms with E-state index >= 15 is 0 Å². The summed E-state index contributed by atoms with van der Waals surface area (Å²) in [5.41, 5.74) is 5.47. The lowest BCUT2D eigenvalue weighted by Gasteiger charge is -2.16. The van der Waals surface area contributed by atoms with Crippen molar-refractivity contribution in [2.24, 2.45) is 0 Å². The van der Waals surface area contributed by atoms with Crippen LogP contribution in [0.15, 0.2) is 67.1 Å². The molecule has 0 spiro atoms. The first-order valence-electron chi connectivity index (χ1n) is 10.4. The summed E-state index contributed by atoms with van der Waals surface area (Å²) in [5.74, 6) is 0. The molecule has 2 aromatic carbocycles. The fourth-order valence-electron chi connectivity index (χ4n) is 3.95. The summed E-state index contributed by atoms with van der Waals surface area (Å²) in [7, 11) is 0. The van der Waals surface area contributed by atoms with Gasteiger partial charge in [-0.15, -0.1) is 0 Å². The molecular weight excluding hydrogens is 392 g/mol. The second kappa shape index (κ2) is 9.75. The molecule has 3 aromatic rings. The van der Waals surface area contributed by atoms with Gasteiger partial charge < -0.3 is 9.88 Å². The number of imidazole rings is 1. The molecule has 0 aliphatic heterocycles. The maximum absolute atomic E-state index is 8.96. The van der Waals surface area contributed by atoms with Crippen molar-refractivity contribution in [1.82, 2.24) is 14.9 Å². The molecule has 152 valence electrons. The maximum Gasteiger partial charge on any atom is 0.0991 e. The van der Waals surface area contributed by atoms with Crippen molar-refractivity contribution in [3.8, 4) is 6.07 Å². The molecule has 1 unspecified atom stereocenters. The molecule has 4 nitrogen and oxygen atoms in total. The predicted molar refractivity (Wildman–Crippen MR) is 121 cm³/mol. The van der Waals surface area contributed by atoms with Gasteiger partial charge in [-0.1, -0.05) is 54.4 Å². The number of nitrogens with zero attached hydrogens (tertiary/aromatic N) is 3. The van der Waals surface area contributed by atoms with E-state index in [1.165, 1.54) is 18.4 Å². The maximum atomic E-state index is 8.96. The van der Waals surface area contributed by atoms with Gasteiger partial charge in [0.05, 0.1) is 23.7 Å². The molecule has 1 aliphatic rings. The van der Waals surface area contributed by atoms with Gasteiger partial charge in [0.2, 0.25) is 0 Å². The number of halogens is 1. The van der Waals surface area contributed by atoms with Crippen molar-refractivity contribution < 1.29 is 0 Å². The zero-order valence-corrected chi connectivity index (χ0v) is 17.6. The van der Waals surface area contributed by atoms with Crippen molar-refractivity contribution >= 4 is 17.2 Å². The smallest absolute Gasteiger partial charge is 0.0991 e. The lowest BCUT2D eigenvalue weighted by molar-refractivity contribution is 0.525. The lowest BCUT2D eigenvalue weighted by atomic mass is 10.0. The highest BCUT2D eigenvalue weighted by Crippen LogP contribution is 2.30. The van der Waals surface area contributed by atoms with E-state index in [0.717, 1.165) is 47.8 Å². The van der Waals surface area contributed by atoms with E-state index in [9.17, 15) is 0 Å². The first-order valence-corrected chi connectivity index (χ1v) is 10.8. The average Bonchev–Trinajstić information content (AvgIpc) is 3.07. The zero-order chi connectivity index (χ0) is 20.8. The van der Waals surface area contributed by atoms with Gasteiger partial charge >= 0.3 is 0 Å². The van der Waals surface area contributed by atoms with Gasteiger partial charge in [-0.3, -0.25) is 0 Å². The highest BCUT2D eigenvalue weighted by molar-refractivity contribution is 6.32. The molecule has 5 heteroatoms. The fraction of sp³-hybridized carbons (Fsp3) is 0.280. The third-order valence-electron chi connectivity index (χ3n) is 5.61. The van der Waals surface area contributed by atoms with E-state index in [2.05, 4.69) is 39.1 Å². The van der Waals surface area contributed by atoms with Crippen LogP contribution in [0.2, 0.25) is 5.02 Å². The van der Waals surface area contributed by atoms with E-state index < -0.39 is 0 Å². The normalized spacial score (nSPS) is 16.5. The molecule has 1 heterocycles. The second-order valence-electron chi connectivity index (χ2n) is 7.73. The van der Waals surface area contributed by atoms with Crippen molar-refractivity contribution in [2.75, 3.05) is 0 Å². The Kier molecular flexibility index (Phi) is 6.63. The van der Waals surface area contributed by atoms with Gasteiger partial charge in [0.15, 0.2) is 0 Å². The highest BCUT2D eigenvalue weighted by Gasteiger charge is 2.15. The monoisotopic (exact) mass is 416 g/mol. The van der Waals surface area contributed by atoms with Gasteiger partial charge in [-0.05, 0) is 54.2 Å². The lowest BCUT2D eigenvalue weighted by Crippen LogP contribution is -2.27. The Bertz CT molecular complexity index is 1060. The molecule has 4 rings (SSSR count). The van der Waals surface area contributed by atoms with Crippen LogP contribution in [0, 0.1) is 11.3 Å². The molecular formula is C25H25ClN4. The molecule has 1 aliphatic carbocycles. The minimum absolute atomic E-state index is 0.317. The Morgan fingerprint density at radius 3 is 2.77 bits per heavy atom. The standard InChI is InChI=1S/C25H25ClN4/c26-25-8-4-3-7-24(25)21-5-1-2-6-22(13-21)29-16-23-15-28-18-30(23)17-20-11-9-19(14-27)10-12-20/h3-4,7-13,15,18,22,29H,1-2,5-6,16-17H2. The van der Waals surface area contributed by atoms with Crippen molar-refractivity contribution in [3.63, 3.8) is 0 Å². The number of hydrogen-bond acceptors (Lipinski definition) is 3. The number of hydrogen-bond donors (Lipinski definition) is 1. The van der Waals surface area contributed by atoms with Crippen LogP contribution in [-0.4, -0.2) is 15.6 Å². The molecule has 0 amide bonds. The van der Waals surface area contributed by atoms with Crippen molar-refractivity contribution in [3.05, 3.63) is 94.5 Å². The van der Waals surface area contributed by atoms with Crippen LogP contribution in [0.1, 0.15) is 48.1 Å². The summed E-state index contributed by atoms with van der Waals surface area (Å²) in [4.78, 5) is 4.35. The largest absolute Gasteiger partial charge is 0.329 e. The number of benzene rings is 2. The molecule has 0 radical (unpaired) electrons. The quantitative estimate of drug-likeness (QED) is 0.571. The van der Waals surface area contributed by atoms with Crippen LogP contribution >= 0.6 is 11.6 Å². The first kappa shape index (κ1) is 20.4. The average molecular weight is 417 g/mol. The minimum Gasteiger partial charge on any atom is -0.329 e. The topological polar surface area (TPSA) is 53.6 Å². The van der Waals surface area contributed by atoms with Gasteiger partial charge in [0, 0.05) is 30.4 Å². The molecule has 0 saturated carbocycles. The summed E-state index contributed by atoms with van der Waals surface area (Å²) in [6.45, 7) is 1.50. The van der Waals surface area contributed by atoms with Crippen molar-refractivity contribution in [1.29, 1.82) is 5.26 Å². The number of rotatable bonds is 6. The molecule has 30 heavy (non-hydrogen) atoms. The Labute approximate surface area is 182 Å². The van der Waals surface area contributed by atoms with Gasteiger partial charge in [-0.25, -0.2) is 4.98 Å². The number of aromatic nitrogens is 2. The predicted octanol–water partition coefficient (Wildman–Crippen LogP) is 5.57. The number of allylic oxidation sites excluding steroid dienone is 1. The van der Waals surface area contributed by atoms with Crippen LogP contribution in [0.5, 0.6) is 0 Å². The minimum atomic E-state index is 0.317. The van der Waals surface area contributed by atoms with Crippen LogP contribution in [0.4, 0.5) is 0 Å². The second-order valence-corrected chi connectivity index (χ2v) is 8.13. The van der Waals surface area contributed by atoms with E-state index in [4.69, 9.17) is 16.9 Å². The van der Waals surface area contributed by atoms with Crippen LogP contribution in [0.25, 0.3) is 5.57 Å². The van der Waals surface area contributed by atoms with Gasteiger partial charge in [-0.2, -0.15) is 5.26 Å². The number of nitrogens with one attached hydrogen (secondary N) is 1. The van der Waals surface area contributed by atoms with Crippen LogP contribution in [-0.2, 0) is 13.1 Å². The Balaban J connectivity index is 1.44. The fourth-order valence-corrected chi connectivity index (χ4v) is 4.21. The molecule has 1 atom stereocenters. The van der Waals surface area contributed by atoms with Crippen LogP contribution < -0.4 is 5.32 Å². The molecule has 0 saturated heterocycles. The summed E-state index contributed by atoms with van der Waals surface area (Å²) in [6, 6.07) is 18.3. The first-order chi connectivity index (χ1) is 14.7. The third kappa shape index (κ3) is 4.99. The van der Waals surface area contributed by atoms with E-state index in [1.54, 1.807) is 0 Å². The molecule has 1 N–H and O–H groups in total. The van der Waals surface area contributed by atoms with E-state index in [-0.39, 0.29) is 0 Å². The van der Waals surface area contributed by atoms with Gasteiger partial charge in [0.25, 0.3) is 0 Å². The van der Waals surface area contributed by atoms with Gasteiger partial charge in [0.1, 0.15) is 0 Å².